The highest BCUT2D eigenvalue weighted by atomic mass is 32.2. The fourth-order valence-electron chi connectivity index (χ4n) is 2.07. The van der Waals surface area contributed by atoms with Crippen molar-refractivity contribution in [1.82, 2.24) is 0 Å². The zero-order chi connectivity index (χ0) is 14.0. The van der Waals surface area contributed by atoms with Crippen molar-refractivity contribution >= 4 is 28.7 Å². The van der Waals surface area contributed by atoms with E-state index < -0.39 is 17.3 Å². The Labute approximate surface area is 112 Å². The summed E-state index contributed by atoms with van der Waals surface area (Å²) in [5, 5.41) is 13.3. The average molecular weight is 285 g/mol. The molecule has 7 nitrogen and oxygen atoms in total. The largest absolute Gasteiger partial charge is 0.748 e. The fourth-order valence-corrected chi connectivity index (χ4v) is 2.34. The van der Waals surface area contributed by atoms with Gasteiger partial charge in [0.2, 0.25) is 0 Å². The predicted molar refractivity (Wildman–Crippen MR) is 68.6 cm³/mol. The van der Waals surface area contributed by atoms with E-state index in [4.69, 9.17) is 0 Å². The summed E-state index contributed by atoms with van der Waals surface area (Å²) in [6.45, 7) is 0.726. The van der Waals surface area contributed by atoms with Crippen LogP contribution in [0.3, 0.4) is 0 Å². The molecule has 0 fully saturated rings. The number of fused-ring (bicyclic) bond motifs is 1. The summed E-state index contributed by atoms with van der Waals surface area (Å²) >= 11 is -2.70. The zero-order valence-electron chi connectivity index (χ0n) is 10.2. The third-order valence-electron chi connectivity index (χ3n) is 2.90. The number of hydroxylamine groups is 1. The normalized spacial score (nSPS) is 15.3. The summed E-state index contributed by atoms with van der Waals surface area (Å²) in [6, 6.07) is 3.10. The summed E-state index contributed by atoms with van der Waals surface area (Å²) in [6.07, 6.45) is 1.64. The number of hydrogen-bond acceptors (Lipinski definition) is 6. The van der Waals surface area contributed by atoms with Gasteiger partial charge in [0, 0.05) is 13.6 Å². The first-order valence-electron chi connectivity index (χ1n) is 5.64. The molecule has 1 unspecified atom stereocenters. The molecule has 1 heterocycles. The highest BCUT2D eigenvalue weighted by Gasteiger charge is 2.20. The number of anilines is 2. The Hall–Kier alpha value is -1.64. The summed E-state index contributed by atoms with van der Waals surface area (Å²) in [7, 11) is 1.40. The van der Waals surface area contributed by atoms with Crippen LogP contribution in [0.15, 0.2) is 12.1 Å². The summed E-state index contributed by atoms with van der Waals surface area (Å²) in [4.78, 5) is 11.2. The average Bonchev–Trinajstić information content (AvgIpc) is 2.36. The summed E-state index contributed by atoms with van der Waals surface area (Å²) in [5.74, 6) is -1.07. The lowest BCUT2D eigenvalue weighted by molar-refractivity contribution is 0.0697. The molecule has 0 saturated carbocycles. The van der Waals surface area contributed by atoms with Crippen molar-refractivity contribution < 1.29 is 22.9 Å². The van der Waals surface area contributed by atoms with E-state index >= 15 is 0 Å². The van der Waals surface area contributed by atoms with Crippen molar-refractivity contribution in [3.8, 4) is 0 Å². The van der Waals surface area contributed by atoms with Crippen molar-refractivity contribution in [2.24, 2.45) is 0 Å². The molecule has 1 aliphatic rings. The Morgan fingerprint density at radius 1 is 1.58 bits per heavy atom. The Morgan fingerprint density at radius 2 is 2.32 bits per heavy atom. The first-order chi connectivity index (χ1) is 8.99. The number of nitrogens with one attached hydrogen (secondary N) is 1. The van der Waals surface area contributed by atoms with E-state index in [0.717, 1.165) is 30.0 Å². The molecule has 104 valence electrons. The maximum absolute atomic E-state index is 11.2. The van der Waals surface area contributed by atoms with Gasteiger partial charge in [-0.2, -0.15) is 4.28 Å². The van der Waals surface area contributed by atoms with Crippen molar-refractivity contribution in [2.45, 2.75) is 12.8 Å². The lowest BCUT2D eigenvalue weighted by Gasteiger charge is -2.24. The van der Waals surface area contributed by atoms with Crippen LogP contribution in [0.5, 0.6) is 0 Å². The Kier molecular flexibility index (Phi) is 4.03. The molecule has 1 atom stereocenters. The Morgan fingerprint density at radius 3 is 2.95 bits per heavy atom. The molecule has 1 aliphatic heterocycles. The number of carboxylic acids is 1. The number of aryl methyl sites for hydroxylation is 1. The minimum absolute atomic E-state index is 0.110. The first-order valence-corrected chi connectivity index (χ1v) is 6.64. The van der Waals surface area contributed by atoms with Crippen molar-refractivity contribution in [2.75, 3.05) is 24.0 Å². The van der Waals surface area contributed by atoms with Gasteiger partial charge in [0.15, 0.2) is 0 Å². The molecule has 0 spiro atoms. The third kappa shape index (κ3) is 3.03. The van der Waals surface area contributed by atoms with E-state index in [9.17, 15) is 18.7 Å². The predicted octanol–water partition coefficient (Wildman–Crippen LogP) is 0.905. The summed E-state index contributed by atoms with van der Waals surface area (Å²) in [5.41, 5.74) is 1.93. The van der Waals surface area contributed by atoms with Crippen LogP contribution in [0.2, 0.25) is 0 Å². The van der Waals surface area contributed by atoms with Crippen molar-refractivity contribution in [3.63, 3.8) is 0 Å². The van der Waals surface area contributed by atoms with Crippen LogP contribution in [0.1, 0.15) is 22.3 Å². The van der Waals surface area contributed by atoms with Gasteiger partial charge in [-0.25, -0.2) is 14.1 Å². The van der Waals surface area contributed by atoms with E-state index in [0.29, 0.717) is 11.4 Å². The maximum atomic E-state index is 11.2. The second-order valence-corrected chi connectivity index (χ2v) is 4.70. The van der Waals surface area contributed by atoms with E-state index in [1.54, 1.807) is 6.07 Å². The Bertz CT molecular complexity index is 534. The number of carboxylic acid groups (broad SMARTS) is 1. The number of nitrogens with zero attached hydrogens (tertiary/aromatic N) is 1. The van der Waals surface area contributed by atoms with Crippen LogP contribution in [0.4, 0.5) is 11.4 Å². The fraction of sp³-hybridized carbons (Fsp3) is 0.364. The van der Waals surface area contributed by atoms with Gasteiger partial charge in [-0.3, -0.25) is 0 Å². The van der Waals surface area contributed by atoms with Gasteiger partial charge in [0.25, 0.3) is 0 Å². The zero-order valence-corrected chi connectivity index (χ0v) is 11.0. The second-order valence-electron chi connectivity index (χ2n) is 4.14. The first kappa shape index (κ1) is 13.8. The standard InChI is InChI=1S/C11H14N2O5S/c1-13(18-19(16)17)8-5-7-3-2-4-12-10(7)9(6-8)11(14)15/h5-6,12H,2-4H2,1H3,(H,14,15)(H,16,17)/p-1. The number of hydrogen-bond donors (Lipinski definition) is 2. The molecule has 0 bridgehead atoms. The minimum Gasteiger partial charge on any atom is -0.748 e. The van der Waals surface area contributed by atoms with E-state index in [1.807, 2.05) is 0 Å². The van der Waals surface area contributed by atoms with E-state index in [-0.39, 0.29) is 5.56 Å². The molecule has 19 heavy (non-hydrogen) atoms. The number of benzene rings is 1. The molecule has 0 saturated heterocycles. The molecule has 1 aromatic carbocycles. The van der Waals surface area contributed by atoms with Crippen LogP contribution in [0, 0.1) is 0 Å². The van der Waals surface area contributed by atoms with Gasteiger partial charge in [-0.1, -0.05) is 0 Å². The molecular weight excluding hydrogens is 272 g/mol. The molecule has 8 heteroatoms. The van der Waals surface area contributed by atoms with Gasteiger partial charge in [0.1, 0.15) is 11.4 Å². The monoisotopic (exact) mass is 285 g/mol. The molecule has 0 aliphatic carbocycles. The van der Waals surface area contributed by atoms with Gasteiger partial charge >= 0.3 is 5.97 Å². The highest BCUT2D eigenvalue weighted by Crippen LogP contribution is 2.31. The van der Waals surface area contributed by atoms with Gasteiger partial charge < -0.3 is 15.0 Å². The number of carbonyl (C=O) groups is 1. The molecule has 0 amide bonds. The number of aromatic carboxylic acids is 1. The quantitative estimate of drug-likeness (QED) is 0.626. The molecule has 1 aromatic rings. The molecule has 2 rings (SSSR count). The van der Waals surface area contributed by atoms with Gasteiger partial charge in [0.05, 0.1) is 16.9 Å². The van der Waals surface area contributed by atoms with E-state index in [1.165, 1.54) is 13.1 Å². The van der Waals surface area contributed by atoms with Crippen LogP contribution in [-0.4, -0.2) is 33.4 Å². The smallest absolute Gasteiger partial charge is 0.337 e. The summed E-state index contributed by atoms with van der Waals surface area (Å²) < 4.78 is 25.5. The van der Waals surface area contributed by atoms with E-state index in [2.05, 4.69) is 9.60 Å². The third-order valence-corrected chi connectivity index (χ3v) is 3.24. The molecule has 0 radical (unpaired) electrons. The second kappa shape index (κ2) is 5.55. The Balaban J connectivity index is 2.43. The number of rotatable bonds is 4. The van der Waals surface area contributed by atoms with Crippen molar-refractivity contribution in [1.29, 1.82) is 0 Å². The maximum Gasteiger partial charge on any atom is 0.337 e. The highest BCUT2D eigenvalue weighted by molar-refractivity contribution is 7.74. The van der Waals surface area contributed by atoms with Crippen LogP contribution in [0.25, 0.3) is 0 Å². The van der Waals surface area contributed by atoms with Gasteiger partial charge in [-0.05, 0) is 30.5 Å². The van der Waals surface area contributed by atoms with Gasteiger partial charge in [-0.15, -0.1) is 0 Å². The molecular formula is C11H13N2O5S-. The lowest BCUT2D eigenvalue weighted by Crippen LogP contribution is -2.22. The minimum atomic E-state index is -2.70. The van der Waals surface area contributed by atoms with Crippen molar-refractivity contribution in [3.05, 3.63) is 23.3 Å². The SMILES string of the molecule is CN(OS(=O)[O-])c1cc2c(c(C(=O)O)c1)NCCC2. The topological polar surface area (TPSA) is 102 Å². The molecule has 2 N–H and O–H groups in total. The lowest BCUT2D eigenvalue weighted by atomic mass is 9.98. The van der Waals surface area contributed by atoms with Crippen LogP contribution >= 0.6 is 0 Å². The van der Waals surface area contributed by atoms with Crippen LogP contribution < -0.4 is 10.4 Å². The molecule has 0 aromatic heterocycles. The van der Waals surface area contributed by atoms with Crippen LogP contribution in [-0.2, 0) is 22.1 Å².